The van der Waals surface area contributed by atoms with Gasteiger partial charge in [-0.1, -0.05) is 56.6 Å². The molecule has 3 nitrogen and oxygen atoms in total. The molecule has 4 heteroatoms. The van der Waals surface area contributed by atoms with Gasteiger partial charge in [0.25, 0.3) is 5.91 Å². The predicted octanol–water partition coefficient (Wildman–Crippen LogP) is 4.93. The fourth-order valence-corrected chi connectivity index (χ4v) is 3.38. The molecule has 0 radical (unpaired) electrons. The van der Waals surface area contributed by atoms with Crippen LogP contribution in [0.2, 0.25) is 5.02 Å². The topological polar surface area (TPSA) is 41.1 Å². The summed E-state index contributed by atoms with van der Waals surface area (Å²) in [6.45, 7) is 7.98. The van der Waals surface area contributed by atoms with E-state index in [9.17, 15) is 4.79 Å². The molecule has 1 aliphatic rings. The van der Waals surface area contributed by atoms with Gasteiger partial charge in [-0.15, -0.1) is 0 Å². The van der Waals surface area contributed by atoms with Crippen molar-refractivity contribution in [2.75, 3.05) is 11.9 Å². The highest BCUT2D eigenvalue weighted by atomic mass is 35.5. The summed E-state index contributed by atoms with van der Waals surface area (Å²) in [7, 11) is 0. The molecule has 1 amide bonds. The number of benzene rings is 2. The Morgan fingerprint density at radius 3 is 2.60 bits per heavy atom. The molecule has 25 heavy (non-hydrogen) atoms. The number of aryl methyl sites for hydroxylation is 1. The van der Waals surface area contributed by atoms with E-state index in [1.807, 2.05) is 6.07 Å². The van der Waals surface area contributed by atoms with Crippen molar-refractivity contribution >= 4 is 23.2 Å². The number of amides is 1. The largest absolute Gasteiger partial charge is 0.384 e. The van der Waals surface area contributed by atoms with Crippen LogP contribution in [0.4, 0.5) is 5.69 Å². The second-order valence-corrected chi connectivity index (χ2v) is 8.08. The van der Waals surface area contributed by atoms with Crippen molar-refractivity contribution in [2.24, 2.45) is 0 Å². The average Bonchev–Trinajstić information content (AvgIpc) is 2.58. The van der Waals surface area contributed by atoms with Gasteiger partial charge >= 0.3 is 0 Å². The zero-order valence-electron chi connectivity index (χ0n) is 15.1. The summed E-state index contributed by atoms with van der Waals surface area (Å²) < 4.78 is 0. The Morgan fingerprint density at radius 1 is 1.20 bits per heavy atom. The quantitative estimate of drug-likeness (QED) is 0.819. The number of halogens is 1. The van der Waals surface area contributed by atoms with E-state index in [1.165, 1.54) is 5.56 Å². The molecule has 3 rings (SSSR count). The molecule has 0 saturated heterocycles. The minimum absolute atomic E-state index is 0.0898. The zero-order valence-corrected chi connectivity index (χ0v) is 15.8. The van der Waals surface area contributed by atoms with E-state index >= 15 is 0 Å². The van der Waals surface area contributed by atoms with Crippen molar-refractivity contribution in [3.8, 4) is 0 Å². The summed E-state index contributed by atoms with van der Waals surface area (Å²) >= 11 is 6.20. The van der Waals surface area contributed by atoms with Crippen molar-refractivity contribution in [1.82, 2.24) is 5.32 Å². The standard InChI is InChI=1S/C21H25ClN2O/c1-21(2,3)16-8-6-14(7-9-16)13-24-20(25)18-12-17(22)11-15-5-4-10-23-19(15)18/h6-9,11-12,23H,4-5,10,13H2,1-3H3,(H,24,25). The Morgan fingerprint density at radius 2 is 1.92 bits per heavy atom. The summed E-state index contributed by atoms with van der Waals surface area (Å²) in [5.41, 5.74) is 5.19. The molecule has 0 aliphatic carbocycles. The lowest BCUT2D eigenvalue weighted by atomic mass is 9.87. The van der Waals surface area contributed by atoms with Crippen LogP contribution in [0, 0.1) is 0 Å². The van der Waals surface area contributed by atoms with Crippen LogP contribution in [0.15, 0.2) is 36.4 Å². The second-order valence-electron chi connectivity index (χ2n) is 7.65. The Hall–Kier alpha value is -2.00. The van der Waals surface area contributed by atoms with Crippen molar-refractivity contribution in [3.63, 3.8) is 0 Å². The molecular formula is C21H25ClN2O. The molecule has 0 bridgehead atoms. The minimum Gasteiger partial charge on any atom is -0.384 e. The highest BCUT2D eigenvalue weighted by molar-refractivity contribution is 6.31. The molecule has 0 spiro atoms. The van der Waals surface area contributed by atoms with Gasteiger partial charge in [0.2, 0.25) is 0 Å². The van der Waals surface area contributed by atoms with Gasteiger partial charge in [-0.3, -0.25) is 4.79 Å². The maximum Gasteiger partial charge on any atom is 0.253 e. The van der Waals surface area contributed by atoms with Crippen molar-refractivity contribution in [2.45, 2.75) is 45.6 Å². The molecule has 0 aromatic heterocycles. The third-order valence-corrected chi connectivity index (χ3v) is 4.85. The Balaban J connectivity index is 1.72. The van der Waals surface area contributed by atoms with Crippen molar-refractivity contribution in [1.29, 1.82) is 0 Å². The first-order valence-corrected chi connectivity index (χ1v) is 9.16. The van der Waals surface area contributed by atoms with Gasteiger partial charge in [0.15, 0.2) is 0 Å². The maximum atomic E-state index is 12.7. The number of fused-ring (bicyclic) bond motifs is 1. The average molecular weight is 357 g/mol. The second kappa shape index (κ2) is 7.09. The molecule has 0 atom stereocenters. The Kier molecular flexibility index (Phi) is 5.05. The molecule has 2 aromatic rings. The van der Waals surface area contributed by atoms with E-state index in [1.54, 1.807) is 6.07 Å². The Bertz CT molecular complexity index is 776. The van der Waals surface area contributed by atoms with E-state index in [4.69, 9.17) is 11.6 Å². The molecular weight excluding hydrogens is 332 g/mol. The van der Waals surface area contributed by atoms with E-state index in [2.05, 4.69) is 55.7 Å². The van der Waals surface area contributed by atoms with Gasteiger partial charge in [-0.2, -0.15) is 0 Å². The minimum atomic E-state index is -0.0898. The summed E-state index contributed by atoms with van der Waals surface area (Å²) in [4.78, 5) is 12.7. The molecule has 0 unspecified atom stereocenters. The maximum absolute atomic E-state index is 12.7. The number of carbonyl (C=O) groups excluding carboxylic acids is 1. The van der Waals surface area contributed by atoms with Crippen molar-refractivity contribution in [3.05, 3.63) is 63.7 Å². The Labute approximate surface area is 154 Å². The van der Waals surface area contributed by atoms with Gasteiger partial charge in [0, 0.05) is 18.1 Å². The number of rotatable bonds is 3. The first kappa shape index (κ1) is 17.8. The van der Waals surface area contributed by atoms with E-state index in [0.717, 1.165) is 36.2 Å². The summed E-state index contributed by atoms with van der Waals surface area (Å²) in [5.74, 6) is -0.0898. The molecule has 2 N–H and O–H groups in total. The van der Waals surface area contributed by atoms with Crippen LogP contribution in [-0.4, -0.2) is 12.5 Å². The van der Waals surface area contributed by atoms with Gasteiger partial charge in [-0.25, -0.2) is 0 Å². The van der Waals surface area contributed by atoms with Gasteiger partial charge in [-0.05, 0) is 47.1 Å². The molecule has 0 fully saturated rings. The summed E-state index contributed by atoms with van der Waals surface area (Å²) in [6, 6.07) is 12.1. The highest BCUT2D eigenvalue weighted by Crippen LogP contribution is 2.30. The fourth-order valence-electron chi connectivity index (χ4n) is 3.14. The third kappa shape index (κ3) is 4.16. The third-order valence-electron chi connectivity index (χ3n) is 4.63. The lowest BCUT2D eigenvalue weighted by Gasteiger charge is -2.21. The molecule has 1 heterocycles. The number of nitrogens with one attached hydrogen (secondary N) is 2. The predicted molar refractivity (Wildman–Crippen MR) is 105 cm³/mol. The van der Waals surface area contributed by atoms with E-state index in [-0.39, 0.29) is 11.3 Å². The van der Waals surface area contributed by atoms with Crippen molar-refractivity contribution < 1.29 is 4.79 Å². The van der Waals surface area contributed by atoms with Gasteiger partial charge in [0.05, 0.1) is 11.3 Å². The highest BCUT2D eigenvalue weighted by Gasteiger charge is 2.19. The van der Waals surface area contributed by atoms with Crippen LogP contribution in [-0.2, 0) is 18.4 Å². The summed E-state index contributed by atoms with van der Waals surface area (Å²) in [6.07, 6.45) is 2.02. The lowest BCUT2D eigenvalue weighted by Crippen LogP contribution is -2.25. The zero-order chi connectivity index (χ0) is 18.0. The van der Waals surface area contributed by atoms with Crippen LogP contribution in [0.25, 0.3) is 0 Å². The van der Waals surface area contributed by atoms with Crippen LogP contribution in [0.5, 0.6) is 0 Å². The SMILES string of the molecule is CC(C)(C)c1ccc(CNC(=O)c2cc(Cl)cc3c2NCCC3)cc1. The van der Waals surface area contributed by atoms with Crippen LogP contribution in [0.1, 0.15) is 54.2 Å². The number of anilines is 1. The smallest absolute Gasteiger partial charge is 0.253 e. The lowest BCUT2D eigenvalue weighted by molar-refractivity contribution is 0.0951. The van der Waals surface area contributed by atoms with E-state index in [0.29, 0.717) is 17.1 Å². The summed E-state index contributed by atoms with van der Waals surface area (Å²) in [5, 5.41) is 6.97. The molecule has 2 aromatic carbocycles. The first-order valence-electron chi connectivity index (χ1n) is 8.78. The first-order chi connectivity index (χ1) is 11.8. The van der Waals surface area contributed by atoms with Gasteiger partial charge in [0.1, 0.15) is 0 Å². The molecule has 0 saturated carbocycles. The normalized spacial score (nSPS) is 13.8. The van der Waals surface area contributed by atoms with E-state index < -0.39 is 0 Å². The monoisotopic (exact) mass is 356 g/mol. The number of carbonyl (C=O) groups is 1. The fraction of sp³-hybridized carbons (Fsp3) is 0.381. The van der Waals surface area contributed by atoms with Crippen LogP contribution < -0.4 is 10.6 Å². The molecule has 132 valence electrons. The number of hydrogen-bond acceptors (Lipinski definition) is 2. The van der Waals surface area contributed by atoms with Crippen LogP contribution in [0.3, 0.4) is 0 Å². The number of hydrogen-bond donors (Lipinski definition) is 2. The van der Waals surface area contributed by atoms with Gasteiger partial charge < -0.3 is 10.6 Å². The molecule has 1 aliphatic heterocycles. The van der Waals surface area contributed by atoms with Crippen LogP contribution >= 0.6 is 11.6 Å².